The molecule has 25 heavy (non-hydrogen) atoms. The summed E-state index contributed by atoms with van der Waals surface area (Å²) in [6.07, 6.45) is 4.14. The quantitative estimate of drug-likeness (QED) is 0.758. The maximum Gasteiger partial charge on any atom is 0.387 e. The SMILES string of the molecule is CC1CC1c1ccc(/C=C/C(=O)NCc2cccc(OC(F)F)c2)o1. The number of ether oxygens (including phenoxy) is 1. The van der Waals surface area contributed by atoms with Gasteiger partial charge in [-0.2, -0.15) is 8.78 Å². The Balaban J connectivity index is 1.50. The number of carbonyl (C=O) groups excluding carboxylic acids is 1. The first-order valence-corrected chi connectivity index (χ1v) is 8.10. The first kappa shape index (κ1) is 17.2. The van der Waals surface area contributed by atoms with Gasteiger partial charge >= 0.3 is 6.61 Å². The van der Waals surface area contributed by atoms with E-state index >= 15 is 0 Å². The van der Waals surface area contributed by atoms with Gasteiger partial charge in [-0.1, -0.05) is 19.1 Å². The predicted octanol–water partition coefficient (Wildman–Crippen LogP) is 4.33. The first-order chi connectivity index (χ1) is 12.0. The monoisotopic (exact) mass is 347 g/mol. The van der Waals surface area contributed by atoms with Crippen molar-refractivity contribution >= 4 is 12.0 Å². The number of carbonyl (C=O) groups is 1. The largest absolute Gasteiger partial charge is 0.461 e. The highest BCUT2D eigenvalue weighted by atomic mass is 19.3. The molecule has 0 spiro atoms. The Kier molecular flexibility index (Phi) is 5.16. The standard InChI is InChI=1S/C19H19F2NO3/c1-12-9-16(12)17-7-5-14(24-17)6-8-18(23)22-11-13-3-2-4-15(10-13)25-19(20)21/h2-8,10,12,16,19H,9,11H2,1H3,(H,22,23)/b8-6+. The van der Waals surface area contributed by atoms with Crippen LogP contribution in [-0.4, -0.2) is 12.5 Å². The lowest BCUT2D eigenvalue weighted by atomic mass is 10.2. The second-order valence-electron chi connectivity index (χ2n) is 6.14. The summed E-state index contributed by atoms with van der Waals surface area (Å²) in [5.41, 5.74) is 0.669. The molecule has 1 fully saturated rings. The number of nitrogens with one attached hydrogen (secondary N) is 1. The van der Waals surface area contributed by atoms with E-state index in [1.165, 1.54) is 18.2 Å². The van der Waals surface area contributed by atoms with Crippen molar-refractivity contribution in [2.24, 2.45) is 5.92 Å². The molecular weight excluding hydrogens is 328 g/mol. The highest BCUT2D eigenvalue weighted by Crippen LogP contribution is 2.47. The smallest absolute Gasteiger partial charge is 0.387 e. The Hall–Kier alpha value is -2.63. The van der Waals surface area contributed by atoms with Gasteiger partial charge < -0.3 is 14.5 Å². The third-order valence-electron chi connectivity index (χ3n) is 4.11. The number of rotatable bonds is 7. The molecule has 0 aliphatic heterocycles. The summed E-state index contributed by atoms with van der Waals surface area (Å²) < 4.78 is 34.4. The number of amides is 1. The van der Waals surface area contributed by atoms with Crippen LogP contribution < -0.4 is 10.1 Å². The molecule has 1 saturated carbocycles. The Labute approximate surface area is 144 Å². The van der Waals surface area contributed by atoms with Crippen molar-refractivity contribution in [1.82, 2.24) is 5.32 Å². The summed E-state index contributed by atoms with van der Waals surface area (Å²) >= 11 is 0. The second-order valence-corrected chi connectivity index (χ2v) is 6.14. The zero-order valence-corrected chi connectivity index (χ0v) is 13.7. The third kappa shape index (κ3) is 4.92. The predicted molar refractivity (Wildman–Crippen MR) is 89.2 cm³/mol. The van der Waals surface area contributed by atoms with E-state index in [0.717, 1.165) is 12.2 Å². The highest BCUT2D eigenvalue weighted by Gasteiger charge is 2.36. The van der Waals surface area contributed by atoms with Crippen LogP contribution in [0.3, 0.4) is 0 Å². The lowest BCUT2D eigenvalue weighted by molar-refractivity contribution is -0.116. The summed E-state index contributed by atoms with van der Waals surface area (Å²) in [4.78, 5) is 11.9. The van der Waals surface area contributed by atoms with Gasteiger partial charge in [0.2, 0.25) is 5.91 Å². The normalized spacial score (nSPS) is 19.4. The van der Waals surface area contributed by atoms with Crippen molar-refractivity contribution in [2.45, 2.75) is 32.4 Å². The van der Waals surface area contributed by atoms with E-state index in [1.54, 1.807) is 18.2 Å². The van der Waals surface area contributed by atoms with Crippen molar-refractivity contribution in [3.8, 4) is 5.75 Å². The molecule has 1 aromatic carbocycles. The minimum atomic E-state index is -2.87. The molecule has 1 aliphatic rings. The van der Waals surface area contributed by atoms with Crippen LogP contribution in [0.5, 0.6) is 5.75 Å². The Morgan fingerprint density at radius 3 is 2.92 bits per heavy atom. The molecule has 6 heteroatoms. The van der Waals surface area contributed by atoms with E-state index in [4.69, 9.17) is 4.42 Å². The average Bonchev–Trinajstić information content (AvgIpc) is 3.11. The average molecular weight is 347 g/mol. The van der Waals surface area contributed by atoms with Gasteiger partial charge in [-0.25, -0.2) is 0 Å². The van der Waals surface area contributed by atoms with Gasteiger partial charge in [0.1, 0.15) is 17.3 Å². The molecule has 1 amide bonds. The van der Waals surface area contributed by atoms with Crippen molar-refractivity contribution in [3.05, 3.63) is 59.6 Å². The number of alkyl halides is 2. The van der Waals surface area contributed by atoms with Gasteiger partial charge in [-0.3, -0.25) is 4.79 Å². The van der Waals surface area contributed by atoms with Crippen LogP contribution in [-0.2, 0) is 11.3 Å². The number of hydrogen-bond acceptors (Lipinski definition) is 3. The van der Waals surface area contributed by atoms with Gasteiger partial charge in [-0.05, 0) is 48.2 Å². The van der Waals surface area contributed by atoms with Crippen LogP contribution in [0, 0.1) is 5.92 Å². The molecule has 1 aromatic heterocycles. The lowest BCUT2D eigenvalue weighted by Crippen LogP contribution is -2.20. The molecule has 0 radical (unpaired) electrons. The summed E-state index contributed by atoms with van der Waals surface area (Å²) in [7, 11) is 0. The van der Waals surface area contributed by atoms with Crippen LogP contribution in [0.2, 0.25) is 0 Å². The molecule has 2 unspecified atom stereocenters. The summed E-state index contributed by atoms with van der Waals surface area (Å²) in [6.45, 7) is -0.478. The van der Waals surface area contributed by atoms with E-state index in [9.17, 15) is 13.6 Å². The second kappa shape index (κ2) is 7.51. The van der Waals surface area contributed by atoms with Gasteiger partial charge in [-0.15, -0.1) is 0 Å². The maximum atomic E-state index is 12.2. The first-order valence-electron chi connectivity index (χ1n) is 8.10. The molecule has 0 bridgehead atoms. The molecule has 2 atom stereocenters. The number of furan rings is 1. The molecule has 2 aromatic rings. The minimum Gasteiger partial charge on any atom is -0.461 e. The molecule has 1 heterocycles. The van der Waals surface area contributed by atoms with E-state index in [1.807, 2.05) is 12.1 Å². The fourth-order valence-electron chi connectivity index (χ4n) is 2.61. The van der Waals surface area contributed by atoms with Crippen molar-refractivity contribution in [3.63, 3.8) is 0 Å². The number of benzene rings is 1. The van der Waals surface area contributed by atoms with Crippen LogP contribution in [0.4, 0.5) is 8.78 Å². The third-order valence-corrected chi connectivity index (χ3v) is 4.11. The Morgan fingerprint density at radius 1 is 1.40 bits per heavy atom. The fourth-order valence-corrected chi connectivity index (χ4v) is 2.61. The summed E-state index contributed by atoms with van der Waals surface area (Å²) in [5.74, 6) is 2.53. The molecule has 0 saturated heterocycles. The fraction of sp³-hybridized carbons (Fsp3) is 0.316. The summed E-state index contributed by atoms with van der Waals surface area (Å²) in [5, 5.41) is 2.69. The molecule has 1 N–H and O–H groups in total. The van der Waals surface area contributed by atoms with Gasteiger partial charge in [0.05, 0.1) is 0 Å². The number of halogens is 2. The maximum absolute atomic E-state index is 12.2. The van der Waals surface area contributed by atoms with E-state index in [2.05, 4.69) is 17.0 Å². The van der Waals surface area contributed by atoms with Gasteiger partial charge in [0.25, 0.3) is 0 Å². The van der Waals surface area contributed by atoms with E-state index in [-0.39, 0.29) is 18.2 Å². The van der Waals surface area contributed by atoms with Gasteiger partial charge in [0, 0.05) is 18.5 Å². The van der Waals surface area contributed by atoms with Crippen LogP contribution in [0.1, 0.15) is 36.3 Å². The van der Waals surface area contributed by atoms with Crippen LogP contribution in [0.25, 0.3) is 6.08 Å². The van der Waals surface area contributed by atoms with Crippen molar-refractivity contribution in [1.29, 1.82) is 0 Å². The summed E-state index contributed by atoms with van der Waals surface area (Å²) in [6, 6.07) is 10.0. The number of hydrogen-bond donors (Lipinski definition) is 1. The zero-order chi connectivity index (χ0) is 17.8. The molecule has 132 valence electrons. The minimum absolute atomic E-state index is 0.0645. The van der Waals surface area contributed by atoms with Crippen LogP contribution >= 0.6 is 0 Å². The molecular formula is C19H19F2NO3. The van der Waals surface area contributed by atoms with Crippen LogP contribution in [0.15, 0.2) is 46.9 Å². The van der Waals surface area contributed by atoms with E-state index < -0.39 is 6.61 Å². The van der Waals surface area contributed by atoms with E-state index in [0.29, 0.717) is 23.2 Å². The van der Waals surface area contributed by atoms with Crippen molar-refractivity contribution in [2.75, 3.05) is 0 Å². The molecule has 1 aliphatic carbocycles. The Bertz CT molecular complexity index is 770. The zero-order valence-electron chi connectivity index (χ0n) is 13.7. The molecule has 3 rings (SSSR count). The highest BCUT2D eigenvalue weighted by molar-refractivity contribution is 5.91. The molecule has 4 nitrogen and oxygen atoms in total. The topological polar surface area (TPSA) is 51.5 Å². The van der Waals surface area contributed by atoms with Gasteiger partial charge in [0.15, 0.2) is 0 Å². The lowest BCUT2D eigenvalue weighted by Gasteiger charge is -2.07. The Morgan fingerprint density at radius 2 is 2.20 bits per heavy atom. The van der Waals surface area contributed by atoms with Crippen molar-refractivity contribution < 1.29 is 22.7 Å².